The smallest absolute Gasteiger partial charge is 0.191 e. The summed E-state index contributed by atoms with van der Waals surface area (Å²) in [6.45, 7) is 9.05. The number of aryl methyl sites for hydroxylation is 2. The van der Waals surface area contributed by atoms with Crippen LogP contribution in [-0.2, 0) is 13.0 Å². The molecule has 1 unspecified atom stereocenters. The monoisotopic (exact) mass is 572 g/mol. The van der Waals surface area contributed by atoms with Crippen LogP contribution in [0.4, 0.5) is 5.69 Å². The van der Waals surface area contributed by atoms with E-state index >= 15 is 0 Å². The van der Waals surface area contributed by atoms with Gasteiger partial charge in [-0.1, -0.05) is 17.7 Å². The summed E-state index contributed by atoms with van der Waals surface area (Å²) < 4.78 is 2.02. The van der Waals surface area contributed by atoms with E-state index in [9.17, 15) is 0 Å². The molecule has 2 aromatic rings. The van der Waals surface area contributed by atoms with Crippen molar-refractivity contribution >= 4 is 47.2 Å². The van der Waals surface area contributed by atoms with E-state index in [1.807, 2.05) is 30.8 Å². The molecule has 0 radical (unpaired) electrons. The minimum Gasteiger partial charge on any atom is -0.369 e. The lowest BCUT2D eigenvalue weighted by Gasteiger charge is -2.36. The number of nitrogens with one attached hydrogen (secondary N) is 2. The number of halogens is 2. The van der Waals surface area contributed by atoms with Crippen LogP contribution in [0.5, 0.6) is 0 Å². The number of hydrogen-bond acceptors (Lipinski definition) is 5. The fourth-order valence-electron chi connectivity index (χ4n) is 4.35. The van der Waals surface area contributed by atoms with Gasteiger partial charge in [0.05, 0.1) is 6.54 Å². The number of nitrogens with zero attached hydrogens (tertiary/aromatic N) is 6. The van der Waals surface area contributed by atoms with Crippen LogP contribution in [0.3, 0.4) is 0 Å². The molecular formula is C22H34ClIN8. The van der Waals surface area contributed by atoms with E-state index in [0.29, 0.717) is 6.04 Å². The highest BCUT2D eigenvalue weighted by atomic mass is 127. The first kappa shape index (κ1) is 25.0. The van der Waals surface area contributed by atoms with Gasteiger partial charge in [-0.25, -0.2) is 9.67 Å². The van der Waals surface area contributed by atoms with E-state index in [1.54, 1.807) is 0 Å². The Morgan fingerprint density at radius 1 is 1.25 bits per heavy atom. The third kappa shape index (κ3) is 6.71. The maximum Gasteiger partial charge on any atom is 0.191 e. The Balaban J connectivity index is 0.00000289. The highest BCUT2D eigenvalue weighted by molar-refractivity contribution is 14.0. The van der Waals surface area contributed by atoms with E-state index in [0.717, 1.165) is 87.7 Å². The zero-order valence-electron chi connectivity index (χ0n) is 18.9. The molecule has 2 N–H and O–H groups in total. The molecule has 4 rings (SSSR count). The summed E-state index contributed by atoms with van der Waals surface area (Å²) in [5, 5.41) is 12.3. The molecule has 0 aliphatic carbocycles. The van der Waals surface area contributed by atoms with Crippen molar-refractivity contribution in [1.82, 2.24) is 30.3 Å². The average molecular weight is 573 g/mol. The maximum absolute atomic E-state index is 6.13. The Morgan fingerprint density at radius 3 is 2.81 bits per heavy atom. The zero-order chi connectivity index (χ0) is 21.6. The van der Waals surface area contributed by atoms with Gasteiger partial charge in [0.1, 0.15) is 11.6 Å². The molecule has 2 aliphatic rings. The van der Waals surface area contributed by atoms with Gasteiger partial charge in [-0.15, -0.1) is 24.0 Å². The minimum absolute atomic E-state index is 0. The molecular weight excluding hydrogens is 539 g/mol. The second-order valence-corrected chi connectivity index (χ2v) is 8.73. The summed E-state index contributed by atoms with van der Waals surface area (Å²) in [5.41, 5.74) is 1.22. The van der Waals surface area contributed by atoms with E-state index in [1.165, 1.54) is 5.69 Å². The molecule has 10 heteroatoms. The minimum atomic E-state index is 0. The number of anilines is 1. The fraction of sp³-hybridized carbons (Fsp3) is 0.591. The van der Waals surface area contributed by atoms with Gasteiger partial charge in [-0.3, -0.25) is 9.89 Å². The van der Waals surface area contributed by atoms with Crippen molar-refractivity contribution < 1.29 is 0 Å². The molecule has 0 spiro atoms. The Kier molecular flexibility index (Phi) is 9.42. The van der Waals surface area contributed by atoms with Crippen molar-refractivity contribution in [3.05, 3.63) is 40.9 Å². The second-order valence-electron chi connectivity index (χ2n) is 8.30. The van der Waals surface area contributed by atoms with Crippen LogP contribution >= 0.6 is 35.6 Å². The van der Waals surface area contributed by atoms with Crippen LogP contribution in [0, 0.1) is 6.92 Å². The summed E-state index contributed by atoms with van der Waals surface area (Å²) in [5.74, 6) is 2.82. The van der Waals surface area contributed by atoms with Crippen molar-refractivity contribution in [1.29, 1.82) is 0 Å². The lowest BCUT2D eigenvalue weighted by Crippen LogP contribution is -2.48. The molecule has 1 aromatic heterocycles. The van der Waals surface area contributed by atoms with Crippen LogP contribution in [0.1, 0.15) is 24.5 Å². The zero-order valence-corrected chi connectivity index (χ0v) is 22.0. The Labute approximate surface area is 212 Å². The molecule has 2 aliphatic heterocycles. The summed E-state index contributed by atoms with van der Waals surface area (Å²) in [4.78, 5) is 13.8. The predicted octanol–water partition coefficient (Wildman–Crippen LogP) is 2.55. The molecule has 0 saturated carbocycles. The number of rotatable bonds is 6. The number of benzene rings is 1. The van der Waals surface area contributed by atoms with Crippen molar-refractivity contribution in [3.8, 4) is 0 Å². The highest BCUT2D eigenvalue weighted by Crippen LogP contribution is 2.20. The van der Waals surface area contributed by atoms with E-state index in [2.05, 4.69) is 47.6 Å². The normalized spacial score (nSPS) is 19.3. The van der Waals surface area contributed by atoms with Crippen molar-refractivity contribution in [3.63, 3.8) is 0 Å². The van der Waals surface area contributed by atoms with Crippen molar-refractivity contribution in [2.24, 2.45) is 4.99 Å². The standard InChI is InChI=1S/C22H33ClN8.HI/c1-17-26-21-8-7-19(16-31(21)28-17)27-22(24-2)25-9-4-10-29-11-13-30(14-12-29)20-6-3-5-18(23)15-20;/h3,5-6,15,19H,4,7-14,16H2,1-2H3,(H2,24,25,27);1H. The topological polar surface area (TPSA) is 73.6 Å². The molecule has 8 nitrogen and oxygen atoms in total. The highest BCUT2D eigenvalue weighted by Gasteiger charge is 2.21. The average Bonchev–Trinajstić information content (AvgIpc) is 3.15. The lowest BCUT2D eigenvalue weighted by molar-refractivity contribution is 0.255. The number of piperazine rings is 1. The van der Waals surface area contributed by atoms with E-state index in [-0.39, 0.29) is 24.0 Å². The van der Waals surface area contributed by atoms with E-state index < -0.39 is 0 Å². The first-order valence-electron chi connectivity index (χ1n) is 11.2. The number of guanidine groups is 1. The third-order valence-corrected chi connectivity index (χ3v) is 6.25. The Morgan fingerprint density at radius 2 is 2.06 bits per heavy atom. The lowest BCUT2D eigenvalue weighted by atomic mass is 10.1. The summed E-state index contributed by atoms with van der Waals surface area (Å²) >= 11 is 6.13. The molecule has 32 heavy (non-hydrogen) atoms. The van der Waals surface area contributed by atoms with Gasteiger partial charge >= 0.3 is 0 Å². The number of aromatic nitrogens is 3. The summed E-state index contributed by atoms with van der Waals surface area (Å²) in [7, 11) is 1.83. The first-order chi connectivity index (χ1) is 15.1. The van der Waals surface area contributed by atoms with Crippen molar-refractivity contribution in [2.45, 2.75) is 38.8 Å². The molecule has 3 heterocycles. The molecule has 176 valence electrons. The molecule has 1 saturated heterocycles. The van der Waals surface area contributed by atoms with Gasteiger partial charge in [0.25, 0.3) is 0 Å². The quantitative estimate of drug-likeness (QED) is 0.240. The van der Waals surface area contributed by atoms with Crippen LogP contribution < -0.4 is 15.5 Å². The fourth-order valence-corrected chi connectivity index (χ4v) is 4.54. The van der Waals surface area contributed by atoms with Crippen molar-refractivity contribution in [2.75, 3.05) is 51.2 Å². The first-order valence-corrected chi connectivity index (χ1v) is 11.6. The van der Waals surface area contributed by atoms with Gasteiger partial charge in [-0.05, 0) is 44.5 Å². The van der Waals surface area contributed by atoms with Crippen LogP contribution in [0.15, 0.2) is 29.3 Å². The third-order valence-electron chi connectivity index (χ3n) is 6.02. The molecule has 1 fully saturated rings. The van der Waals surface area contributed by atoms with Crippen LogP contribution in [-0.4, -0.2) is 78.0 Å². The molecule has 1 aromatic carbocycles. The number of hydrogen-bond donors (Lipinski definition) is 2. The number of aliphatic imine (C=N–C) groups is 1. The van der Waals surface area contributed by atoms with Crippen LogP contribution in [0.2, 0.25) is 5.02 Å². The Bertz CT molecular complexity index is 894. The second kappa shape index (κ2) is 12.0. The Hall–Kier alpha value is -1.59. The van der Waals surface area contributed by atoms with Gasteiger partial charge < -0.3 is 15.5 Å². The number of fused-ring (bicyclic) bond motifs is 1. The molecule has 1 atom stereocenters. The molecule has 0 amide bonds. The molecule has 0 bridgehead atoms. The predicted molar refractivity (Wildman–Crippen MR) is 142 cm³/mol. The van der Waals surface area contributed by atoms with E-state index in [4.69, 9.17) is 11.6 Å². The van der Waals surface area contributed by atoms with Gasteiger partial charge in [0.15, 0.2) is 5.96 Å². The summed E-state index contributed by atoms with van der Waals surface area (Å²) in [6, 6.07) is 8.48. The van der Waals surface area contributed by atoms with Gasteiger partial charge in [0.2, 0.25) is 0 Å². The SMILES string of the molecule is CN=C(NCCCN1CCN(c2cccc(Cl)c2)CC1)NC1CCc2nc(C)nn2C1.I. The maximum atomic E-state index is 6.13. The van der Waals surface area contributed by atoms with Gasteiger partial charge in [-0.2, -0.15) is 5.10 Å². The van der Waals surface area contributed by atoms with Gasteiger partial charge in [0, 0.05) is 62.9 Å². The largest absolute Gasteiger partial charge is 0.369 e. The summed E-state index contributed by atoms with van der Waals surface area (Å²) in [6.07, 6.45) is 3.10. The van der Waals surface area contributed by atoms with Crippen LogP contribution in [0.25, 0.3) is 0 Å².